The van der Waals surface area contributed by atoms with Gasteiger partial charge in [-0.25, -0.2) is 9.97 Å². The predicted molar refractivity (Wildman–Crippen MR) is 113 cm³/mol. The molecule has 0 bridgehead atoms. The number of phenolic OH excluding ortho intramolecular Hbond substituents is 1. The van der Waals surface area contributed by atoms with E-state index in [2.05, 4.69) is 49.3 Å². The molecule has 1 aromatic heterocycles. The maximum absolute atomic E-state index is 10.2. The molecule has 4 rings (SSSR count). The molecule has 0 aliphatic heterocycles. The summed E-state index contributed by atoms with van der Waals surface area (Å²) in [7, 11) is 3.01. The molecule has 1 aliphatic rings. The first-order chi connectivity index (χ1) is 13.8. The molecule has 0 fully saturated rings. The number of aryl methyl sites for hydroxylation is 1. The zero-order valence-electron chi connectivity index (χ0n) is 17.3. The number of fused-ring (bicyclic) bond motifs is 3. The molecule has 2 aromatic carbocycles. The zero-order chi connectivity index (χ0) is 20.8. The number of anilines is 2. The number of ether oxygens (including phenoxy) is 2. The van der Waals surface area contributed by atoms with Crippen LogP contribution >= 0.6 is 0 Å². The summed E-state index contributed by atoms with van der Waals surface area (Å²) >= 11 is 0. The van der Waals surface area contributed by atoms with Gasteiger partial charge in [0.15, 0.2) is 11.5 Å². The quantitative estimate of drug-likeness (QED) is 0.668. The van der Waals surface area contributed by atoms with E-state index < -0.39 is 0 Å². The first-order valence-electron chi connectivity index (χ1n) is 9.52. The van der Waals surface area contributed by atoms with Crippen LogP contribution in [0.1, 0.15) is 30.5 Å². The topological polar surface area (TPSA) is 76.5 Å². The van der Waals surface area contributed by atoms with E-state index in [-0.39, 0.29) is 16.9 Å². The van der Waals surface area contributed by atoms with Gasteiger partial charge in [0.25, 0.3) is 0 Å². The van der Waals surface area contributed by atoms with Gasteiger partial charge in [0.05, 0.1) is 19.9 Å². The fourth-order valence-electron chi connectivity index (χ4n) is 3.99. The molecule has 150 valence electrons. The first kappa shape index (κ1) is 19.1. The van der Waals surface area contributed by atoms with Gasteiger partial charge < -0.3 is 19.9 Å². The van der Waals surface area contributed by atoms with Crippen LogP contribution in [0.4, 0.5) is 11.6 Å². The fourth-order valence-corrected chi connectivity index (χ4v) is 3.99. The molecular weight excluding hydrogens is 366 g/mol. The lowest BCUT2D eigenvalue weighted by Gasteiger charge is -2.33. The van der Waals surface area contributed by atoms with Gasteiger partial charge >= 0.3 is 0 Å². The molecule has 0 saturated heterocycles. The number of benzene rings is 2. The molecule has 6 heteroatoms. The molecule has 0 amide bonds. The van der Waals surface area contributed by atoms with Crippen LogP contribution < -0.4 is 14.8 Å². The molecule has 0 unspecified atom stereocenters. The Hall–Kier alpha value is -3.28. The molecule has 0 atom stereocenters. The minimum absolute atomic E-state index is 0.0185. The number of nitrogens with zero attached hydrogens (tertiary/aromatic N) is 2. The molecular formula is C23H25N3O3. The minimum Gasteiger partial charge on any atom is -0.504 e. The second-order valence-electron chi connectivity index (χ2n) is 8.03. The average molecular weight is 391 g/mol. The molecule has 0 spiro atoms. The normalized spacial score (nSPS) is 14.0. The summed E-state index contributed by atoms with van der Waals surface area (Å²) in [6, 6.07) is 9.84. The van der Waals surface area contributed by atoms with E-state index in [0.29, 0.717) is 17.4 Å². The third-order valence-electron chi connectivity index (χ3n) is 5.37. The van der Waals surface area contributed by atoms with Gasteiger partial charge in [0.1, 0.15) is 0 Å². The highest BCUT2D eigenvalue weighted by Gasteiger charge is 2.32. The van der Waals surface area contributed by atoms with Gasteiger partial charge in [-0.15, -0.1) is 0 Å². The molecule has 1 heterocycles. The zero-order valence-corrected chi connectivity index (χ0v) is 17.3. The summed E-state index contributed by atoms with van der Waals surface area (Å²) in [5, 5.41) is 13.4. The van der Waals surface area contributed by atoms with E-state index in [1.165, 1.54) is 25.3 Å². The van der Waals surface area contributed by atoms with Crippen molar-refractivity contribution in [3.63, 3.8) is 0 Å². The summed E-state index contributed by atoms with van der Waals surface area (Å²) in [5.41, 5.74) is 6.37. The van der Waals surface area contributed by atoms with E-state index in [0.717, 1.165) is 23.2 Å². The number of hydrogen-bond donors (Lipinski definition) is 2. The molecule has 6 nitrogen and oxygen atoms in total. The number of rotatable bonds is 4. The second-order valence-corrected chi connectivity index (χ2v) is 8.03. The van der Waals surface area contributed by atoms with Crippen LogP contribution in [0.5, 0.6) is 17.2 Å². The third kappa shape index (κ3) is 3.35. The summed E-state index contributed by atoms with van der Waals surface area (Å²) in [5.74, 6) is 1.16. The van der Waals surface area contributed by atoms with Gasteiger partial charge in [-0.1, -0.05) is 31.5 Å². The maximum atomic E-state index is 10.2. The van der Waals surface area contributed by atoms with Crippen molar-refractivity contribution >= 4 is 11.6 Å². The molecule has 0 saturated carbocycles. The third-order valence-corrected chi connectivity index (χ3v) is 5.37. The van der Waals surface area contributed by atoms with Crippen LogP contribution in [-0.4, -0.2) is 29.3 Å². The van der Waals surface area contributed by atoms with Gasteiger partial charge in [-0.3, -0.25) is 0 Å². The largest absolute Gasteiger partial charge is 0.504 e. The van der Waals surface area contributed by atoms with Crippen LogP contribution in [-0.2, 0) is 11.8 Å². The first-order valence-corrected chi connectivity index (χ1v) is 9.52. The fraction of sp³-hybridized carbons (Fsp3) is 0.304. The lowest BCUT2D eigenvalue weighted by molar-refractivity contribution is 0.333. The minimum atomic E-state index is -0.0185. The van der Waals surface area contributed by atoms with Crippen molar-refractivity contribution < 1.29 is 14.6 Å². The Balaban J connectivity index is 1.75. The number of aromatic nitrogens is 2. The Labute approximate surface area is 170 Å². The molecule has 2 N–H and O–H groups in total. The summed E-state index contributed by atoms with van der Waals surface area (Å²) in [6.45, 7) is 6.60. The highest BCUT2D eigenvalue weighted by Crippen LogP contribution is 2.43. The number of methoxy groups -OCH3 is 2. The van der Waals surface area contributed by atoms with Crippen LogP contribution in [0, 0.1) is 6.92 Å². The van der Waals surface area contributed by atoms with E-state index in [1.54, 1.807) is 12.1 Å². The Kier molecular flexibility index (Phi) is 4.57. The molecule has 1 aliphatic carbocycles. The monoisotopic (exact) mass is 391 g/mol. The van der Waals surface area contributed by atoms with E-state index in [1.807, 2.05) is 6.20 Å². The van der Waals surface area contributed by atoms with E-state index in [9.17, 15) is 5.11 Å². The smallest absolute Gasteiger partial charge is 0.227 e. The highest BCUT2D eigenvalue weighted by molar-refractivity contribution is 5.74. The molecule has 3 aromatic rings. The summed E-state index contributed by atoms with van der Waals surface area (Å²) in [4.78, 5) is 9.31. The van der Waals surface area contributed by atoms with Crippen molar-refractivity contribution in [1.82, 2.24) is 9.97 Å². The van der Waals surface area contributed by atoms with Crippen molar-refractivity contribution in [2.24, 2.45) is 0 Å². The average Bonchev–Trinajstić information content (AvgIpc) is 2.67. The van der Waals surface area contributed by atoms with Gasteiger partial charge in [-0.2, -0.15) is 0 Å². The van der Waals surface area contributed by atoms with E-state index in [4.69, 9.17) is 14.5 Å². The van der Waals surface area contributed by atoms with Crippen molar-refractivity contribution in [2.45, 2.75) is 32.6 Å². The van der Waals surface area contributed by atoms with Gasteiger partial charge in [-0.05, 0) is 36.0 Å². The highest BCUT2D eigenvalue weighted by atomic mass is 16.5. The van der Waals surface area contributed by atoms with Crippen LogP contribution in [0.25, 0.3) is 11.3 Å². The van der Waals surface area contributed by atoms with Crippen LogP contribution in [0.2, 0.25) is 0 Å². The molecule has 0 radical (unpaired) electrons. The summed E-state index contributed by atoms with van der Waals surface area (Å²) in [6.07, 6.45) is 2.77. The number of phenols is 1. The van der Waals surface area contributed by atoms with Crippen molar-refractivity contribution in [3.05, 3.63) is 53.2 Å². The lowest BCUT2D eigenvalue weighted by Crippen LogP contribution is -2.26. The Morgan fingerprint density at radius 3 is 2.62 bits per heavy atom. The lowest BCUT2D eigenvalue weighted by atomic mass is 9.71. The Morgan fingerprint density at radius 1 is 1.10 bits per heavy atom. The van der Waals surface area contributed by atoms with Crippen LogP contribution in [0.15, 0.2) is 36.5 Å². The Morgan fingerprint density at radius 2 is 1.90 bits per heavy atom. The molecule has 29 heavy (non-hydrogen) atoms. The summed E-state index contributed by atoms with van der Waals surface area (Å²) < 4.78 is 10.5. The SMILES string of the molecule is COc1cc(Nc2ncc3c(n2)-c2cc(C)ccc2C(C)(C)C3)cc(O)c1OC. The standard InChI is InChI=1S/C23H25N3O3/c1-13-6-7-17-16(8-13)20-14(11-23(17,2)3)12-24-22(26-20)25-15-9-18(27)21(29-5)19(10-15)28-4/h6-10,12,27H,11H2,1-5H3,(H,24,25,26). The van der Waals surface area contributed by atoms with Crippen molar-refractivity contribution in [2.75, 3.05) is 19.5 Å². The predicted octanol–water partition coefficient (Wildman–Crippen LogP) is 4.75. The number of aromatic hydroxyl groups is 1. The van der Waals surface area contributed by atoms with Crippen molar-refractivity contribution in [3.8, 4) is 28.5 Å². The maximum Gasteiger partial charge on any atom is 0.227 e. The number of nitrogens with one attached hydrogen (secondary N) is 1. The number of hydrogen-bond acceptors (Lipinski definition) is 6. The Bertz CT molecular complexity index is 1090. The van der Waals surface area contributed by atoms with Crippen LogP contribution in [0.3, 0.4) is 0 Å². The van der Waals surface area contributed by atoms with E-state index >= 15 is 0 Å². The van der Waals surface area contributed by atoms with Crippen molar-refractivity contribution in [1.29, 1.82) is 0 Å². The second kappa shape index (κ2) is 6.95. The van der Waals surface area contributed by atoms with Gasteiger partial charge in [0, 0.05) is 29.6 Å². The van der Waals surface area contributed by atoms with Gasteiger partial charge in [0.2, 0.25) is 11.7 Å².